The zero-order valence-electron chi connectivity index (χ0n) is 12.6. The molecule has 0 spiro atoms. The van der Waals surface area contributed by atoms with Crippen LogP contribution in [0.3, 0.4) is 0 Å². The van der Waals surface area contributed by atoms with Crippen LogP contribution in [0.4, 0.5) is 0 Å². The summed E-state index contributed by atoms with van der Waals surface area (Å²) in [6.07, 6.45) is 4.67. The van der Waals surface area contributed by atoms with Crippen LogP contribution in [0.1, 0.15) is 44.7 Å². The minimum atomic E-state index is 0.366. The third-order valence-electron chi connectivity index (χ3n) is 3.87. The minimum absolute atomic E-state index is 0.366. The Balaban J connectivity index is 1.84. The predicted octanol–water partition coefficient (Wildman–Crippen LogP) is 3.58. The lowest BCUT2D eigenvalue weighted by Crippen LogP contribution is -2.30. The molecular weight excluding hydrogens is 234 g/mol. The van der Waals surface area contributed by atoms with Crippen LogP contribution in [-0.2, 0) is 12.8 Å². The third-order valence-corrected chi connectivity index (χ3v) is 3.87. The average molecular weight is 261 g/mol. The molecule has 2 nitrogen and oxygen atoms in total. The maximum absolute atomic E-state index is 5.55. The van der Waals surface area contributed by atoms with Crippen molar-refractivity contribution in [1.29, 1.82) is 0 Å². The fraction of sp³-hybridized carbons (Fsp3) is 0.647. The Morgan fingerprint density at radius 2 is 2.16 bits per heavy atom. The first-order chi connectivity index (χ1) is 9.11. The van der Waals surface area contributed by atoms with Crippen LogP contribution >= 0.6 is 0 Å². The van der Waals surface area contributed by atoms with Crippen molar-refractivity contribution in [2.45, 2.75) is 46.5 Å². The standard InChI is InChI=1S/C17H27NO/c1-4-10-18-13-17(2,3)9-7-14-5-6-16-15(12-14)8-11-19-16/h5-6,12,18H,4,7-11,13H2,1-3H3. The molecule has 2 rings (SSSR count). The molecule has 0 radical (unpaired) electrons. The smallest absolute Gasteiger partial charge is 0.122 e. The highest BCUT2D eigenvalue weighted by molar-refractivity contribution is 5.39. The van der Waals surface area contributed by atoms with Crippen LogP contribution in [0, 0.1) is 5.41 Å². The molecule has 0 unspecified atom stereocenters. The zero-order chi connectivity index (χ0) is 13.7. The van der Waals surface area contributed by atoms with E-state index in [0.29, 0.717) is 5.41 Å². The Labute approximate surface area is 117 Å². The summed E-state index contributed by atoms with van der Waals surface area (Å²) >= 11 is 0. The van der Waals surface area contributed by atoms with Gasteiger partial charge >= 0.3 is 0 Å². The van der Waals surface area contributed by atoms with E-state index >= 15 is 0 Å². The second kappa shape index (κ2) is 6.42. The molecule has 1 aromatic carbocycles. The molecule has 0 amide bonds. The van der Waals surface area contributed by atoms with E-state index in [2.05, 4.69) is 44.3 Å². The van der Waals surface area contributed by atoms with Crippen LogP contribution in [0.5, 0.6) is 5.75 Å². The molecule has 2 heteroatoms. The van der Waals surface area contributed by atoms with E-state index in [1.54, 1.807) is 0 Å². The minimum Gasteiger partial charge on any atom is -0.493 e. The summed E-state index contributed by atoms with van der Waals surface area (Å²) in [5, 5.41) is 3.53. The lowest BCUT2D eigenvalue weighted by Gasteiger charge is -2.25. The van der Waals surface area contributed by atoms with Crippen molar-refractivity contribution in [3.63, 3.8) is 0 Å². The SMILES string of the molecule is CCCNCC(C)(C)CCc1ccc2c(c1)CCO2. The van der Waals surface area contributed by atoms with E-state index in [1.165, 1.54) is 24.0 Å². The highest BCUT2D eigenvalue weighted by Gasteiger charge is 2.18. The molecular formula is C17H27NO. The van der Waals surface area contributed by atoms with Crippen LogP contribution in [0.25, 0.3) is 0 Å². The first kappa shape index (κ1) is 14.4. The van der Waals surface area contributed by atoms with Gasteiger partial charge in [-0.3, -0.25) is 0 Å². The van der Waals surface area contributed by atoms with Crippen molar-refractivity contribution >= 4 is 0 Å². The Morgan fingerprint density at radius 1 is 1.32 bits per heavy atom. The van der Waals surface area contributed by atoms with Crippen molar-refractivity contribution < 1.29 is 4.74 Å². The molecule has 19 heavy (non-hydrogen) atoms. The quantitative estimate of drug-likeness (QED) is 0.758. The summed E-state index contributed by atoms with van der Waals surface area (Å²) < 4.78 is 5.55. The third kappa shape index (κ3) is 4.24. The monoisotopic (exact) mass is 261 g/mol. The van der Waals surface area contributed by atoms with E-state index < -0.39 is 0 Å². The molecule has 0 saturated heterocycles. The molecule has 0 aliphatic carbocycles. The number of aryl methyl sites for hydroxylation is 1. The maximum Gasteiger partial charge on any atom is 0.122 e. The van der Waals surface area contributed by atoms with Crippen LogP contribution in [-0.4, -0.2) is 19.7 Å². The summed E-state index contributed by atoms with van der Waals surface area (Å²) in [5.74, 6) is 1.09. The van der Waals surface area contributed by atoms with Crippen LogP contribution < -0.4 is 10.1 Å². The summed E-state index contributed by atoms with van der Waals surface area (Å²) in [7, 11) is 0. The van der Waals surface area contributed by atoms with E-state index in [1.807, 2.05) is 0 Å². The number of benzene rings is 1. The molecule has 1 aliphatic heterocycles. The topological polar surface area (TPSA) is 21.3 Å². The molecule has 1 aliphatic rings. The van der Waals surface area contributed by atoms with E-state index in [4.69, 9.17) is 4.74 Å². The van der Waals surface area contributed by atoms with Gasteiger partial charge in [-0.25, -0.2) is 0 Å². The number of ether oxygens (including phenoxy) is 1. The average Bonchev–Trinajstić information content (AvgIpc) is 2.84. The fourth-order valence-electron chi connectivity index (χ4n) is 2.57. The first-order valence-electron chi connectivity index (χ1n) is 7.56. The van der Waals surface area contributed by atoms with Gasteiger partial charge in [0.25, 0.3) is 0 Å². The number of hydrogen-bond donors (Lipinski definition) is 1. The Bertz CT molecular complexity index is 412. The van der Waals surface area contributed by atoms with Gasteiger partial charge in [-0.2, -0.15) is 0 Å². The van der Waals surface area contributed by atoms with Gasteiger partial charge in [0.05, 0.1) is 6.61 Å². The van der Waals surface area contributed by atoms with Gasteiger partial charge < -0.3 is 10.1 Å². The number of nitrogens with one attached hydrogen (secondary N) is 1. The van der Waals surface area contributed by atoms with Crippen molar-refractivity contribution in [1.82, 2.24) is 5.32 Å². The molecule has 1 aromatic rings. The molecule has 0 atom stereocenters. The normalized spacial score (nSPS) is 14.3. The molecule has 0 fully saturated rings. The largest absolute Gasteiger partial charge is 0.493 e. The molecule has 0 bridgehead atoms. The van der Waals surface area contributed by atoms with Gasteiger partial charge in [-0.05, 0) is 48.4 Å². The Kier molecular flexibility index (Phi) is 4.87. The Morgan fingerprint density at radius 3 is 2.95 bits per heavy atom. The van der Waals surface area contributed by atoms with E-state index in [-0.39, 0.29) is 0 Å². The number of hydrogen-bond acceptors (Lipinski definition) is 2. The van der Waals surface area contributed by atoms with Crippen LogP contribution in [0.15, 0.2) is 18.2 Å². The molecule has 0 aromatic heterocycles. The van der Waals surface area contributed by atoms with Gasteiger partial charge in [0, 0.05) is 13.0 Å². The zero-order valence-corrected chi connectivity index (χ0v) is 12.6. The van der Waals surface area contributed by atoms with Crippen molar-refractivity contribution in [2.75, 3.05) is 19.7 Å². The van der Waals surface area contributed by atoms with E-state index in [0.717, 1.165) is 38.3 Å². The first-order valence-corrected chi connectivity index (χ1v) is 7.56. The number of fused-ring (bicyclic) bond motifs is 1. The highest BCUT2D eigenvalue weighted by atomic mass is 16.5. The molecule has 106 valence electrons. The lowest BCUT2D eigenvalue weighted by atomic mass is 9.86. The molecule has 1 N–H and O–H groups in total. The summed E-state index contributed by atoms with van der Waals surface area (Å²) in [6, 6.07) is 6.69. The highest BCUT2D eigenvalue weighted by Crippen LogP contribution is 2.28. The molecule has 0 saturated carbocycles. The van der Waals surface area contributed by atoms with Crippen LogP contribution in [0.2, 0.25) is 0 Å². The predicted molar refractivity (Wildman–Crippen MR) is 80.9 cm³/mol. The second-order valence-corrected chi connectivity index (χ2v) is 6.38. The van der Waals surface area contributed by atoms with Gasteiger partial charge in [0.1, 0.15) is 5.75 Å². The van der Waals surface area contributed by atoms with Gasteiger partial charge in [0.15, 0.2) is 0 Å². The fourth-order valence-corrected chi connectivity index (χ4v) is 2.57. The van der Waals surface area contributed by atoms with Gasteiger partial charge in [-0.15, -0.1) is 0 Å². The van der Waals surface area contributed by atoms with Gasteiger partial charge in [0.2, 0.25) is 0 Å². The van der Waals surface area contributed by atoms with E-state index in [9.17, 15) is 0 Å². The lowest BCUT2D eigenvalue weighted by molar-refractivity contribution is 0.315. The second-order valence-electron chi connectivity index (χ2n) is 6.38. The van der Waals surface area contributed by atoms with Crippen molar-refractivity contribution in [2.24, 2.45) is 5.41 Å². The van der Waals surface area contributed by atoms with Crippen molar-refractivity contribution in [3.8, 4) is 5.75 Å². The number of rotatable bonds is 7. The van der Waals surface area contributed by atoms with Gasteiger partial charge in [-0.1, -0.05) is 32.9 Å². The maximum atomic E-state index is 5.55. The molecule has 1 heterocycles. The summed E-state index contributed by atoms with van der Waals surface area (Å²) in [5.41, 5.74) is 3.21. The summed E-state index contributed by atoms with van der Waals surface area (Å²) in [6.45, 7) is 10.0. The van der Waals surface area contributed by atoms with Crippen molar-refractivity contribution in [3.05, 3.63) is 29.3 Å². The Hall–Kier alpha value is -1.02. The summed E-state index contributed by atoms with van der Waals surface area (Å²) in [4.78, 5) is 0.